The minimum absolute atomic E-state index is 0.515. The van der Waals surface area contributed by atoms with Crippen LogP contribution in [0.2, 0.25) is 0 Å². The third-order valence-electron chi connectivity index (χ3n) is 2.14. The fourth-order valence-electron chi connectivity index (χ4n) is 1.35. The molecule has 0 fully saturated rings. The Balaban J connectivity index is 3.27. The molecule has 1 aromatic carbocycles. The molecule has 3 nitrogen and oxygen atoms in total. The minimum Gasteiger partial charge on any atom is -0.496 e. The molecule has 14 heavy (non-hydrogen) atoms. The van der Waals surface area contributed by atoms with E-state index >= 15 is 0 Å². The molecule has 0 saturated carbocycles. The van der Waals surface area contributed by atoms with E-state index < -0.39 is 0 Å². The Labute approximate surface area is 83.6 Å². The Morgan fingerprint density at radius 2 is 1.86 bits per heavy atom. The van der Waals surface area contributed by atoms with Crippen LogP contribution in [0, 0.1) is 0 Å². The second kappa shape index (κ2) is 4.65. The minimum atomic E-state index is 0.515. The van der Waals surface area contributed by atoms with Gasteiger partial charge in [-0.2, -0.15) is 0 Å². The second-order valence-electron chi connectivity index (χ2n) is 2.88. The van der Waals surface area contributed by atoms with Crippen LogP contribution in [0.15, 0.2) is 12.1 Å². The van der Waals surface area contributed by atoms with E-state index in [0.29, 0.717) is 11.3 Å². The molecule has 1 rings (SSSR count). The second-order valence-corrected chi connectivity index (χ2v) is 2.88. The van der Waals surface area contributed by atoms with Crippen molar-refractivity contribution in [1.82, 2.24) is 0 Å². The first-order valence-corrected chi connectivity index (χ1v) is 4.46. The average Bonchev–Trinajstić information content (AvgIpc) is 2.26. The zero-order chi connectivity index (χ0) is 10.6. The molecule has 3 heteroatoms. The van der Waals surface area contributed by atoms with Gasteiger partial charge in [-0.15, -0.1) is 0 Å². The monoisotopic (exact) mass is 194 g/mol. The van der Waals surface area contributed by atoms with Crippen LogP contribution in [-0.4, -0.2) is 20.5 Å². The molecule has 0 atom stereocenters. The fourth-order valence-corrected chi connectivity index (χ4v) is 1.35. The van der Waals surface area contributed by atoms with Crippen LogP contribution >= 0.6 is 0 Å². The molecule has 0 aliphatic carbocycles. The van der Waals surface area contributed by atoms with Gasteiger partial charge in [-0.1, -0.05) is 6.92 Å². The van der Waals surface area contributed by atoms with Crippen molar-refractivity contribution in [2.45, 2.75) is 13.3 Å². The highest BCUT2D eigenvalue weighted by Crippen LogP contribution is 2.27. The van der Waals surface area contributed by atoms with Crippen LogP contribution < -0.4 is 9.47 Å². The summed E-state index contributed by atoms with van der Waals surface area (Å²) in [5, 5.41) is 0. The molecule has 1 aromatic rings. The van der Waals surface area contributed by atoms with Crippen LogP contribution in [0.25, 0.3) is 0 Å². The van der Waals surface area contributed by atoms with Crippen LogP contribution in [0.5, 0.6) is 11.5 Å². The molecule has 76 valence electrons. The van der Waals surface area contributed by atoms with E-state index in [4.69, 9.17) is 9.47 Å². The summed E-state index contributed by atoms with van der Waals surface area (Å²) in [7, 11) is 3.14. The number of rotatable bonds is 4. The lowest BCUT2D eigenvalue weighted by Crippen LogP contribution is -1.96. The quantitative estimate of drug-likeness (QED) is 0.688. The van der Waals surface area contributed by atoms with Crippen molar-refractivity contribution in [3.63, 3.8) is 0 Å². The number of methoxy groups -OCH3 is 2. The summed E-state index contributed by atoms with van der Waals surface area (Å²) in [6.45, 7) is 2.03. The lowest BCUT2D eigenvalue weighted by Gasteiger charge is -2.10. The highest BCUT2D eigenvalue weighted by atomic mass is 16.5. The van der Waals surface area contributed by atoms with Crippen LogP contribution in [-0.2, 0) is 6.42 Å². The van der Waals surface area contributed by atoms with Crippen molar-refractivity contribution in [3.8, 4) is 11.5 Å². The number of ether oxygens (including phenoxy) is 2. The van der Waals surface area contributed by atoms with Gasteiger partial charge in [-0.25, -0.2) is 0 Å². The van der Waals surface area contributed by atoms with Crippen molar-refractivity contribution < 1.29 is 14.3 Å². The van der Waals surface area contributed by atoms with Crippen molar-refractivity contribution in [3.05, 3.63) is 23.3 Å². The zero-order valence-corrected chi connectivity index (χ0v) is 8.66. The maximum Gasteiger partial charge on any atom is 0.153 e. The zero-order valence-electron chi connectivity index (χ0n) is 8.66. The standard InChI is InChI=1S/C11H14O3/c1-4-8-5-11(14-3)9(7-12)6-10(8)13-2/h5-7H,4H2,1-3H3. The van der Waals surface area contributed by atoms with Gasteiger partial charge in [0.2, 0.25) is 0 Å². The highest BCUT2D eigenvalue weighted by Gasteiger charge is 2.08. The maximum atomic E-state index is 10.7. The van der Waals surface area contributed by atoms with Crippen molar-refractivity contribution in [1.29, 1.82) is 0 Å². The summed E-state index contributed by atoms with van der Waals surface area (Å²) in [5.74, 6) is 1.33. The summed E-state index contributed by atoms with van der Waals surface area (Å²) in [4.78, 5) is 10.7. The van der Waals surface area contributed by atoms with E-state index in [9.17, 15) is 4.79 Å². The number of hydrogen-bond acceptors (Lipinski definition) is 3. The van der Waals surface area contributed by atoms with Gasteiger partial charge in [0.05, 0.1) is 19.8 Å². The number of aldehydes is 1. The third-order valence-corrected chi connectivity index (χ3v) is 2.14. The molecule has 0 saturated heterocycles. The van der Waals surface area contributed by atoms with Crippen molar-refractivity contribution in [2.24, 2.45) is 0 Å². The number of carbonyl (C=O) groups excluding carboxylic acids is 1. The topological polar surface area (TPSA) is 35.5 Å². The molecule has 0 aliphatic heterocycles. The molecular formula is C11H14O3. The SMILES string of the molecule is CCc1cc(OC)c(C=O)cc1OC. The van der Waals surface area contributed by atoms with E-state index in [2.05, 4.69) is 0 Å². The van der Waals surface area contributed by atoms with Gasteiger partial charge in [-0.3, -0.25) is 4.79 Å². The normalized spacial score (nSPS) is 9.64. The van der Waals surface area contributed by atoms with Gasteiger partial charge in [0.15, 0.2) is 6.29 Å². The number of carbonyl (C=O) groups is 1. The van der Waals surface area contributed by atoms with E-state index in [1.54, 1.807) is 20.3 Å². The first-order valence-electron chi connectivity index (χ1n) is 4.46. The molecular weight excluding hydrogens is 180 g/mol. The molecule has 0 aromatic heterocycles. The molecule has 0 amide bonds. The number of hydrogen-bond donors (Lipinski definition) is 0. The Kier molecular flexibility index (Phi) is 3.51. The smallest absolute Gasteiger partial charge is 0.153 e. The summed E-state index contributed by atoms with van der Waals surface area (Å²) >= 11 is 0. The van der Waals surface area contributed by atoms with Gasteiger partial charge in [0, 0.05) is 0 Å². The van der Waals surface area contributed by atoms with Gasteiger partial charge in [-0.05, 0) is 24.1 Å². The Bertz CT molecular complexity index is 332. The van der Waals surface area contributed by atoms with E-state index in [1.165, 1.54) is 0 Å². The highest BCUT2D eigenvalue weighted by molar-refractivity contribution is 5.80. The van der Waals surface area contributed by atoms with E-state index in [1.807, 2.05) is 13.0 Å². The Morgan fingerprint density at radius 3 is 2.29 bits per heavy atom. The summed E-state index contributed by atoms with van der Waals surface area (Å²) in [5.41, 5.74) is 1.55. The summed E-state index contributed by atoms with van der Waals surface area (Å²) in [6.07, 6.45) is 1.61. The maximum absolute atomic E-state index is 10.7. The molecule has 0 N–H and O–H groups in total. The first kappa shape index (κ1) is 10.6. The van der Waals surface area contributed by atoms with Crippen molar-refractivity contribution >= 4 is 6.29 Å². The molecule has 0 spiro atoms. The lowest BCUT2D eigenvalue weighted by molar-refractivity contribution is 0.112. The number of aryl methyl sites for hydroxylation is 1. The van der Waals surface area contributed by atoms with E-state index in [-0.39, 0.29) is 0 Å². The Hall–Kier alpha value is -1.51. The number of benzene rings is 1. The van der Waals surface area contributed by atoms with E-state index in [0.717, 1.165) is 24.0 Å². The predicted octanol–water partition coefficient (Wildman–Crippen LogP) is 2.08. The predicted molar refractivity (Wildman–Crippen MR) is 54.3 cm³/mol. The van der Waals surface area contributed by atoms with Crippen molar-refractivity contribution in [2.75, 3.05) is 14.2 Å². The van der Waals surface area contributed by atoms with Crippen LogP contribution in [0.3, 0.4) is 0 Å². The molecule has 0 aliphatic rings. The lowest BCUT2D eigenvalue weighted by atomic mass is 10.1. The van der Waals surface area contributed by atoms with Gasteiger partial charge in [0.1, 0.15) is 11.5 Å². The Morgan fingerprint density at radius 1 is 1.21 bits per heavy atom. The van der Waals surface area contributed by atoms with Gasteiger partial charge in [0.25, 0.3) is 0 Å². The van der Waals surface area contributed by atoms with Crippen LogP contribution in [0.1, 0.15) is 22.8 Å². The molecule has 0 radical (unpaired) electrons. The average molecular weight is 194 g/mol. The fraction of sp³-hybridized carbons (Fsp3) is 0.364. The van der Waals surface area contributed by atoms with Gasteiger partial charge >= 0.3 is 0 Å². The first-order chi connectivity index (χ1) is 6.76. The molecule has 0 unspecified atom stereocenters. The van der Waals surface area contributed by atoms with Gasteiger partial charge < -0.3 is 9.47 Å². The molecule has 0 bridgehead atoms. The summed E-state index contributed by atoms with van der Waals surface area (Å²) < 4.78 is 10.3. The molecule has 0 heterocycles. The van der Waals surface area contributed by atoms with Crippen LogP contribution in [0.4, 0.5) is 0 Å². The largest absolute Gasteiger partial charge is 0.496 e. The summed E-state index contributed by atoms with van der Waals surface area (Å²) in [6, 6.07) is 3.53. The third kappa shape index (κ3) is 1.87.